The second kappa shape index (κ2) is 11.9. The van der Waals surface area contributed by atoms with Crippen molar-refractivity contribution in [3.05, 3.63) is 36.2 Å². The van der Waals surface area contributed by atoms with Gasteiger partial charge >= 0.3 is 12.2 Å². The highest BCUT2D eigenvalue weighted by atomic mass is 19.4. The molecule has 0 saturated carbocycles. The molecule has 2 amide bonds. The van der Waals surface area contributed by atoms with Gasteiger partial charge in [-0.15, -0.1) is 10.2 Å². The van der Waals surface area contributed by atoms with Crippen molar-refractivity contribution in [2.75, 3.05) is 20.3 Å². The summed E-state index contributed by atoms with van der Waals surface area (Å²) in [7, 11) is 1.51. The molecule has 0 fully saturated rings. The van der Waals surface area contributed by atoms with Crippen molar-refractivity contribution in [3.8, 4) is 22.9 Å². The summed E-state index contributed by atoms with van der Waals surface area (Å²) in [6.45, 7) is 4.38. The fourth-order valence-electron chi connectivity index (χ4n) is 4.70. The van der Waals surface area contributed by atoms with Crippen molar-refractivity contribution < 1.29 is 27.4 Å². The van der Waals surface area contributed by atoms with E-state index in [9.17, 15) is 18.0 Å². The number of alkyl halides is 3. The zero-order chi connectivity index (χ0) is 27.3. The molecule has 0 spiro atoms. The number of hydrogen-bond acceptors (Lipinski definition) is 6. The Bertz CT molecular complexity index is 1250. The van der Waals surface area contributed by atoms with Crippen LogP contribution in [-0.4, -0.2) is 63.2 Å². The van der Waals surface area contributed by atoms with Gasteiger partial charge in [0.15, 0.2) is 0 Å². The highest BCUT2D eigenvalue weighted by molar-refractivity contribution is 5.76. The van der Waals surface area contributed by atoms with E-state index < -0.39 is 30.7 Å². The van der Waals surface area contributed by atoms with E-state index in [1.807, 2.05) is 38.1 Å². The normalized spacial score (nSPS) is 19.5. The molecule has 9 nitrogen and oxygen atoms in total. The Morgan fingerprint density at radius 3 is 2.74 bits per heavy atom. The zero-order valence-electron chi connectivity index (χ0n) is 21.8. The summed E-state index contributed by atoms with van der Waals surface area (Å²) < 4.78 is 52.2. The van der Waals surface area contributed by atoms with E-state index in [1.54, 1.807) is 15.6 Å². The van der Waals surface area contributed by atoms with Gasteiger partial charge in [-0.3, -0.25) is 0 Å². The van der Waals surface area contributed by atoms with E-state index in [4.69, 9.17) is 9.47 Å². The molecule has 12 heteroatoms. The Balaban J connectivity index is 1.72. The number of hydrogen-bond donors (Lipinski definition) is 1. The summed E-state index contributed by atoms with van der Waals surface area (Å²) in [5.41, 5.74) is 2.80. The predicted octanol–water partition coefficient (Wildman–Crippen LogP) is 5.56. The molecule has 4 bridgehead atoms. The first kappa shape index (κ1) is 27.5. The van der Waals surface area contributed by atoms with Crippen molar-refractivity contribution in [2.45, 2.75) is 70.6 Å². The molecule has 2 atom stereocenters. The van der Waals surface area contributed by atoms with E-state index >= 15 is 0 Å². The van der Waals surface area contributed by atoms with Gasteiger partial charge in [-0.2, -0.15) is 18.3 Å². The molecule has 1 aliphatic heterocycles. The molecule has 1 N–H and O–H groups in total. The highest BCUT2D eigenvalue weighted by Crippen LogP contribution is 2.34. The average Bonchev–Trinajstić information content (AvgIpc) is 3.37. The van der Waals surface area contributed by atoms with Crippen LogP contribution in [-0.2, 0) is 0 Å². The van der Waals surface area contributed by atoms with Crippen LogP contribution in [0.2, 0.25) is 0 Å². The molecule has 1 aliphatic rings. The molecule has 2 unspecified atom stereocenters. The molecule has 0 radical (unpaired) electrons. The number of nitrogens with one attached hydrogen (secondary N) is 1. The lowest BCUT2D eigenvalue weighted by atomic mass is 10.0. The molecule has 3 aromatic heterocycles. The van der Waals surface area contributed by atoms with Crippen molar-refractivity contribution in [1.29, 1.82) is 0 Å². The Hall–Kier alpha value is -3.57. The summed E-state index contributed by atoms with van der Waals surface area (Å²) in [6.07, 6.45) is -1.17. The third-order valence-corrected chi connectivity index (χ3v) is 6.79. The van der Waals surface area contributed by atoms with E-state index in [1.165, 1.54) is 7.11 Å². The number of amides is 2. The maximum atomic E-state index is 13.2. The average molecular weight is 535 g/mol. The molecular formula is C26H33F3N6O3. The number of pyridine rings is 1. The number of fused-ring (bicyclic) bond motifs is 7. The summed E-state index contributed by atoms with van der Waals surface area (Å²) in [5.74, 6) is 0.865. The Morgan fingerprint density at radius 2 is 2.00 bits per heavy atom. The number of halogens is 3. The van der Waals surface area contributed by atoms with Crippen LogP contribution in [0.25, 0.3) is 16.6 Å². The lowest BCUT2D eigenvalue weighted by Gasteiger charge is -2.30. The maximum Gasteiger partial charge on any atom is 0.389 e. The van der Waals surface area contributed by atoms with Crippen LogP contribution in [0.4, 0.5) is 18.0 Å². The minimum atomic E-state index is -4.29. The van der Waals surface area contributed by atoms with Gasteiger partial charge in [0.25, 0.3) is 0 Å². The Kier molecular flexibility index (Phi) is 8.58. The molecule has 0 aliphatic carbocycles. The monoisotopic (exact) mass is 534 g/mol. The number of aromatic nitrogens is 4. The molecule has 4 heterocycles. The number of urea groups is 1. The topological polar surface area (TPSA) is 93.9 Å². The highest BCUT2D eigenvalue weighted by Gasteiger charge is 2.30. The SMILES string of the molecule is CCN1C(=O)NC(CCC(F)(F)F)CCCCCOc2cc(cc3ccnn23)-c2cc(nnc2OC)C1C. The fourth-order valence-corrected chi connectivity index (χ4v) is 4.70. The standard InChI is InChI=1S/C26H33F3N6O3/c1-4-34-17(2)22-16-21(24(37-3)33-32-22)18-14-20-10-12-30-35(20)23(15-18)38-13-7-5-6-8-19(31-25(34)36)9-11-26(27,28)29/h10,12,14-17,19H,4-9,11,13H2,1-3H3,(H,31,36). The van der Waals surface area contributed by atoms with Crippen LogP contribution in [0.5, 0.6) is 11.8 Å². The van der Waals surface area contributed by atoms with E-state index in [0.29, 0.717) is 55.4 Å². The van der Waals surface area contributed by atoms with Gasteiger partial charge < -0.3 is 19.7 Å². The van der Waals surface area contributed by atoms with Gasteiger partial charge in [-0.05, 0) is 63.3 Å². The smallest absolute Gasteiger partial charge is 0.389 e. The van der Waals surface area contributed by atoms with Crippen molar-refractivity contribution >= 4 is 11.5 Å². The third-order valence-electron chi connectivity index (χ3n) is 6.79. The van der Waals surface area contributed by atoms with Crippen molar-refractivity contribution in [3.63, 3.8) is 0 Å². The van der Waals surface area contributed by atoms with Crippen LogP contribution in [0.15, 0.2) is 30.5 Å². The molecule has 0 saturated heterocycles. The summed E-state index contributed by atoms with van der Waals surface area (Å²) >= 11 is 0. The minimum Gasteiger partial charge on any atom is -0.479 e. The van der Waals surface area contributed by atoms with Crippen LogP contribution >= 0.6 is 0 Å². The largest absolute Gasteiger partial charge is 0.479 e. The molecule has 4 rings (SSSR count). The summed E-state index contributed by atoms with van der Waals surface area (Å²) in [4.78, 5) is 14.8. The number of carbonyl (C=O) groups excluding carboxylic acids is 1. The number of nitrogens with zero attached hydrogens (tertiary/aromatic N) is 5. The quantitative estimate of drug-likeness (QED) is 0.471. The minimum absolute atomic E-state index is 0.173. The van der Waals surface area contributed by atoms with E-state index in [2.05, 4.69) is 20.6 Å². The maximum absolute atomic E-state index is 13.2. The zero-order valence-corrected chi connectivity index (χ0v) is 21.8. The van der Waals surface area contributed by atoms with Crippen LogP contribution in [0.1, 0.15) is 64.1 Å². The number of rotatable bonds is 4. The van der Waals surface area contributed by atoms with Gasteiger partial charge in [0, 0.05) is 30.6 Å². The van der Waals surface area contributed by atoms with Gasteiger partial charge in [-0.25, -0.2) is 9.31 Å². The van der Waals surface area contributed by atoms with E-state index in [0.717, 1.165) is 17.5 Å². The Morgan fingerprint density at radius 1 is 1.18 bits per heavy atom. The molecule has 3 aromatic rings. The van der Waals surface area contributed by atoms with Crippen LogP contribution < -0.4 is 14.8 Å². The van der Waals surface area contributed by atoms with Gasteiger partial charge in [-0.1, -0.05) is 6.42 Å². The lowest BCUT2D eigenvalue weighted by Crippen LogP contribution is -2.46. The summed E-state index contributed by atoms with van der Waals surface area (Å²) in [6, 6.07) is 5.97. The Labute approximate surface area is 219 Å². The molecule has 0 aromatic carbocycles. The van der Waals surface area contributed by atoms with Gasteiger partial charge in [0.2, 0.25) is 11.8 Å². The molecule has 38 heavy (non-hydrogen) atoms. The molecule has 206 valence electrons. The first-order valence-corrected chi connectivity index (χ1v) is 12.9. The second-order valence-electron chi connectivity index (χ2n) is 9.40. The predicted molar refractivity (Wildman–Crippen MR) is 135 cm³/mol. The number of methoxy groups -OCH3 is 1. The third kappa shape index (κ3) is 6.46. The van der Waals surface area contributed by atoms with Gasteiger partial charge in [0.1, 0.15) is 0 Å². The van der Waals surface area contributed by atoms with Crippen molar-refractivity contribution in [2.24, 2.45) is 0 Å². The first-order chi connectivity index (χ1) is 18.2. The van der Waals surface area contributed by atoms with Crippen LogP contribution in [0.3, 0.4) is 0 Å². The van der Waals surface area contributed by atoms with Gasteiger partial charge in [0.05, 0.1) is 37.2 Å². The first-order valence-electron chi connectivity index (χ1n) is 12.9. The van der Waals surface area contributed by atoms with Crippen LogP contribution in [0, 0.1) is 0 Å². The second-order valence-corrected chi connectivity index (χ2v) is 9.40. The lowest BCUT2D eigenvalue weighted by molar-refractivity contribution is -0.136. The number of ether oxygens (including phenoxy) is 2. The fraction of sp³-hybridized carbons (Fsp3) is 0.538. The number of carbonyl (C=O) groups is 1. The summed E-state index contributed by atoms with van der Waals surface area (Å²) in [5, 5.41) is 15.8. The van der Waals surface area contributed by atoms with Crippen molar-refractivity contribution in [1.82, 2.24) is 30.0 Å². The molecular weight excluding hydrogens is 501 g/mol. The van der Waals surface area contributed by atoms with E-state index in [-0.39, 0.29) is 6.42 Å².